The first-order valence-corrected chi connectivity index (χ1v) is 8.16. The Morgan fingerprint density at radius 1 is 1.30 bits per heavy atom. The molecule has 23 heavy (non-hydrogen) atoms. The molecule has 1 aliphatic carbocycles. The lowest BCUT2D eigenvalue weighted by atomic mass is 10.0. The van der Waals surface area contributed by atoms with Crippen molar-refractivity contribution in [1.29, 1.82) is 0 Å². The Morgan fingerprint density at radius 3 is 2.61 bits per heavy atom. The summed E-state index contributed by atoms with van der Waals surface area (Å²) in [6.07, 6.45) is 3.60. The topological polar surface area (TPSA) is 56.7 Å². The number of benzene rings is 1. The summed E-state index contributed by atoms with van der Waals surface area (Å²) in [7, 11) is 0. The number of aliphatic imine (C=N–C) groups is 1. The number of halogens is 2. The van der Waals surface area contributed by atoms with Gasteiger partial charge in [-0.3, -0.25) is 4.99 Å². The maximum atomic E-state index is 13.3. The lowest BCUT2D eigenvalue weighted by Crippen LogP contribution is -2.40. The molecular weight excluding hydrogens is 300 g/mol. The molecule has 3 N–H and O–H groups in total. The summed E-state index contributed by atoms with van der Waals surface area (Å²) in [6.45, 7) is 4.81. The van der Waals surface area contributed by atoms with E-state index < -0.39 is 17.2 Å². The van der Waals surface area contributed by atoms with Crippen molar-refractivity contribution < 1.29 is 13.9 Å². The van der Waals surface area contributed by atoms with Crippen molar-refractivity contribution in [2.75, 3.05) is 13.1 Å². The van der Waals surface area contributed by atoms with Crippen molar-refractivity contribution in [3.8, 4) is 0 Å². The van der Waals surface area contributed by atoms with Crippen molar-refractivity contribution in [1.82, 2.24) is 10.6 Å². The minimum Gasteiger partial charge on any atom is -0.388 e. The van der Waals surface area contributed by atoms with Gasteiger partial charge in [0.05, 0.1) is 18.2 Å². The molecule has 1 fully saturated rings. The molecule has 0 radical (unpaired) electrons. The zero-order chi connectivity index (χ0) is 16.9. The molecule has 0 saturated heterocycles. The third-order valence-corrected chi connectivity index (χ3v) is 4.21. The molecule has 1 saturated carbocycles. The van der Waals surface area contributed by atoms with Gasteiger partial charge in [0.1, 0.15) is 0 Å². The maximum absolute atomic E-state index is 13.3. The van der Waals surface area contributed by atoms with Gasteiger partial charge in [-0.15, -0.1) is 0 Å². The second-order valence-corrected chi connectivity index (χ2v) is 6.17. The van der Waals surface area contributed by atoms with Gasteiger partial charge in [-0.25, -0.2) is 8.78 Å². The van der Waals surface area contributed by atoms with E-state index in [2.05, 4.69) is 15.6 Å². The van der Waals surface area contributed by atoms with Crippen LogP contribution in [0, 0.1) is 11.6 Å². The fraction of sp³-hybridized carbons (Fsp3) is 0.588. The minimum atomic E-state index is -0.863. The SMILES string of the molecule is CCNC(=NCC1(O)CCCC1)NC(C)c1ccc(F)c(F)c1. The van der Waals surface area contributed by atoms with Gasteiger partial charge >= 0.3 is 0 Å². The van der Waals surface area contributed by atoms with Crippen LogP contribution in [0.4, 0.5) is 8.78 Å². The Bertz CT molecular complexity index is 557. The minimum absolute atomic E-state index is 0.235. The Kier molecular flexibility index (Phi) is 5.93. The van der Waals surface area contributed by atoms with Crippen LogP contribution in [0.2, 0.25) is 0 Å². The summed E-state index contributed by atoms with van der Waals surface area (Å²) in [6, 6.07) is 3.61. The van der Waals surface area contributed by atoms with Gasteiger partial charge in [0.2, 0.25) is 0 Å². The number of aliphatic hydroxyl groups is 1. The number of hydrogen-bond donors (Lipinski definition) is 3. The monoisotopic (exact) mass is 325 g/mol. The molecule has 1 aliphatic rings. The fourth-order valence-electron chi connectivity index (χ4n) is 2.81. The van der Waals surface area contributed by atoms with Gasteiger partial charge in [0, 0.05) is 6.54 Å². The first-order chi connectivity index (χ1) is 10.9. The van der Waals surface area contributed by atoms with E-state index in [9.17, 15) is 13.9 Å². The molecule has 0 aliphatic heterocycles. The molecule has 0 bridgehead atoms. The summed E-state index contributed by atoms with van der Waals surface area (Å²) in [5.41, 5.74) is -0.0813. The molecule has 1 aromatic rings. The van der Waals surface area contributed by atoms with E-state index >= 15 is 0 Å². The van der Waals surface area contributed by atoms with Crippen LogP contribution in [-0.2, 0) is 0 Å². The van der Waals surface area contributed by atoms with Crippen LogP contribution in [0.15, 0.2) is 23.2 Å². The van der Waals surface area contributed by atoms with Gasteiger partial charge in [0.15, 0.2) is 17.6 Å². The average Bonchev–Trinajstić information content (AvgIpc) is 2.95. The molecule has 6 heteroatoms. The summed E-state index contributed by atoms with van der Waals surface area (Å²) >= 11 is 0. The summed E-state index contributed by atoms with van der Waals surface area (Å²) in [5.74, 6) is -1.16. The van der Waals surface area contributed by atoms with Gasteiger partial charge in [-0.05, 0) is 44.4 Å². The van der Waals surface area contributed by atoms with Crippen LogP contribution >= 0.6 is 0 Å². The Balaban J connectivity index is 2.03. The van der Waals surface area contributed by atoms with E-state index in [0.29, 0.717) is 24.6 Å². The van der Waals surface area contributed by atoms with Gasteiger partial charge in [-0.1, -0.05) is 18.9 Å². The fourth-order valence-corrected chi connectivity index (χ4v) is 2.81. The third-order valence-electron chi connectivity index (χ3n) is 4.21. The molecule has 2 rings (SSSR count). The zero-order valence-electron chi connectivity index (χ0n) is 13.7. The second kappa shape index (κ2) is 7.73. The number of nitrogens with zero attached hydrogens (tertiary/aromatic N) is 1. The van der Waals surface area contributed by atoms with E-state index in [-0.39, 0.29) is 6.04 Å². The average molecular weight is 325 g/mol. The standard InChI is InChI=1S/C17H25F2N3O/c1-3-20-16(21-11-17(23)8-4-5-9-17)22-12(2)13-6-7-14(18)15(19)10-13/h6-7,10,12,23H,3-5,8-9,11H2,1-2H3,(H2,20,21,22). The van der Waals surface area contributed by atoms with Gasteiger partial charge in [-0.2, -0.15) is 0 Å². The van der Waals surface area contributed by atoms with Crippen LogP contribution in [0.25, 0.3) is 0 Å². The lowest BCUT2D eigenvalue weighted by Gasteiger charge is -2.22. The smallest absolute Gasteiger partial charge is 0.191 e. The highest BCUT2D eigenvalue weighted by molar-refractivity contribution is 5.80. The molecule has 0 spiro atoms. The van der Waals surface area contributed by atoms with E-state index in [1.54, 1.807) is 6.07 Å². The molecule has 4 nitrogen and oxygen atoms in total. The summed E-state index contributed by atoms with van der Waals surface area (Å²) < 4.78 is 26.4. The van der Waals surface area contributed by atoms with Crippen LogP contribution in [0.3, 0.4) is 0 Å². The summed E-state index contributed by atoms with van der Waals surface area (Å²) in [5, 5.41) is 16.6. The molecule has 1 atom stereocenters. The van der Waals surface area contributed by atoms with Crippen molar-refractivity contribution in [2.24, 2.45) is 4.99 Å². The highest BCUT2D eigenvalue weighted by atomic mass is 19.2. The molecule has 1 unspecified atom stereocenters. The van der Waals surface area contributed by atoms with E-state index in [1.807, 2.05) is 13.8 Å². The predicted octanol–water partition coefficient (Wildman–Crippen LogP) is 2.89. The van der Waals surface area contributed by atoms with Crippen LogP contribution < -0.4 is 10.6 Å². The molecule has 1 aromatic carbocycles. The quantitative estimate of drug-likeness (QED) is 0.576. The van der Waals surface area contributed by atoms with Crippen LogP contribution in [-0.4, -0.2) is 29.8 Å². The first-order valence-electron chi connectivity index (χ1n) is 8.16. The largest absolute Gasteiger partial charge is 0.388 e. The molecule has 0 amide bonds. The number of hydrogen-bond acceptors (Lipinski definition) is 2. The second-order valence-electron chi connectivity index (χ2n) is 6.17. The first kappa shape index (κ1) is 17.7. The Hall–Kier alpha value is -1.69. The highest BCUT2D eigenvalue weighted by Crippen LogP contribution is 2.29. The molecule has 128 valence electrons. The predicted molar refractivity (Wildman–Crippen MR) is 87.3 cm³/mol. The van der Waals surface area contributed by atoms with E-state index in [0.717, 1.165) is 31.7 Å². The number of guanidine groups is 1. The number of rotatable bonds is 5. The van der Waals surface area contributed by atoms with E-state index in [1.165, 1.54) is 6.07 Å². The van der Waals surface area contributed by atoms with Crippen LogP contribution in [0.5, 0.6) is 0 Å². The Morgan fingerprint density at radius 2 is 2.00 bits per heavy atom. The van der Waals surface area contributed by atoms with Crippen LogP contribution in [0.1, 0.15) is 51.1 Å². The highest BCUT2D eigenvalue weighted by Gasteiger charge is 2.30. The van der Waals surface area contributed by atoms with Crippen molar-refractivity contribution in [3.05, 3.63) is 35.4 Å². The van der Waals surface area contributed by atoms with Gasteiger partial charge < -0.3 is 15.7 Å². The third kappa shape index (κ3) is 4.89. The van der Waals surface area contributed by atoms with Crippen molar-refractivity contribution in [2.45, 2.75) is 51.2 Å². The van der Waals surface area contributed by atoms with E-state index in [4.69, 9.17) is 0 Å². The lowest BCUT2D eigenvalue weighted by molar-refractivity contribution is 0.0574. The normalized spacial score (nSPS) is 18.7. The maximum Gasteiger partial charge on any atom is 0.191 e. The Labute approximate surface area is 136 Å². The van der Waals surface area contributed by atoms with Crippen molar-refractivity contribution in [3.63, 3.8) is 0 Å². The summed E-state index contributed by atoms with van der Waals surface area (Å²) in [4.78, 5) is 4.45. The zero-order valence-corrected chi connectivity index (χ0v) is 13.7. The molecule has 0 heterocycles. The van der Waals surface area contributed by atoms with Crippen molar-refractivity contribution >= 4 is 5.96 Å². The van der Waals surface area contributed by atoms with Gasteiger partial charge in [0.25, 0.3) is 0 Å². The molecule has 0 aromatic heterocycles. The number of nitrogens with one attached hydrogen (secondary N) is 2. The molecular formula is C17H25F2N3O.